The highest BCUT2D eigenvalue weighted by Crippen LogP contribution is 2.20. The van der Waals surface area contributed by atoms with E-state index in [-0.39, 0.29) is 17.9 Å². The van der Waals surface area contributed by atoms with E-state index in [1.807, 2.05) is 0 Å². The van der Waals surface area contributed by atoms with Crippen molar-refractivity contribution in [3.05, 3.63) is 39.9 Å². The number of hydrogen-bond donors (Lipinski definition) is 1. The maximum Gasteiger partial charge on any atom is 0.269 e. The summed E-state index contributed by atoms with van der Waals surface area (Å²) in [7, 11) is 0. The summed E-state index contributed by atoms with van der Waals surface area (Å²) in [6.45, 7) is 1.38. The first kappa shape index (κ1) is 11.3. The van der Waals surface area contributed by atoms with Crippen LogP contribution in [-0.4, -0.2) is 15.8 Å². The summed E-state index contributed by atoms with van der Waals surface area (Å²) in [5.74, 6) is -0.124. The van der Waals surface area contributed by atoms with Gasteiger partial charge in [-0.05, 0) is 24.6 Å². The number of Topliss-reactive ketones (excluding diaryl/α,β-unsaturated/α-hetero) is 1. The summed E-state index contributed by atoms with van der Waals surface area (Å²) in [4.78, 5) is 20.6. The smallest absolute Gasteiger partial charge is 0.269 e. The van der Waals surface area contributed by atoms with E-state index in [0.717, 1.165) is 0 Å². The highest BCUT2D eigenvalue weighted by molar-refractivity contribution is 5.76. The molecule has 0 aliphatic rings. The van der Waals surface area contributed by atoms with Gasteiger partial charge in [-0.2, -0.15) is 0 Å². The molecule has 5 nitrogen and oxygen atoms in total. The number of hydrogen-bond acceptors (Lipinski definition) is 4. The largest absolute Gasteiger partial charge is 0.388 e. The van der Waals surface area contributed by atoms with E-state index in [4.69, 9.17) is 0 Å². The third-order valence-corrected chi connectivity index (χ3v) is 1.97. The van der Waals surface area contributed by atoms with Crippen LogP contribution in [0.25, 0.3) is 0 Å². The zero-order chi connectivity index (χ0) is 11.4. The van der Waals surface area contributed by atoms with Crippen LogP contribution in [0.4, 0.5) is 5.69 Å². The fourth-order valence-electron chi connectivity index (χ4n) is 1.21. The zero-order valence-corrected chi connectivity index (χ0v) is 8.21. The summed E-state index contributed by atoms with van der Waals surface area (Å²) in [6, 6.07) is 5.51. The van der Waals surface area contributed by atoms with E-state index in [1.54, 1.807) is 0 Å². The van der Waals surface area contributed by atoms with Crippen LogP contribution in [0.3, 0.4) is 0 Å². The molecule has 0 unspecified atom stereocenters. The zero-order valence-electron chi connectivity index (χ0n) is 8.21. The van der Waals surface area contributed by atoms with E-state index >= 15 is 0 Å². The van der Waals surface area contributed by atoms with Gasteiger partial charge in [-0.1, -0.05) is 0 Å². The summed E-state index contributed by atoms with van der Waals surface area (Å²) in [5, 5.41) is 19.9. The lowest BCUT2D eigenvalue weighted by molar-refractivity contribution is -0.384. The van der Waals surface area contributed by atoms with Crippen molar-refractivity contribution in [3.63, 3.8) is 0 Å². The molecule has 0 saturated carbocycles. The fourth-order valence-corrected chi connectivity index (χ4v) is 1.21. The first-order valence-electron chi connectivity index (χ1n) is 4.42. The Hall–Kier alpha value is -1.75. The molecule has 0 amide bonds. The molecule has 1 rings (SSSR count). The average Bonchev–Trinajstić information content (AvgIpc) is 2.17. The molecule has 1 aromatic carbocycles. The van der Waals surface area contributed by atoms with Gasteiger partial charge in [-0.25, -0.2) is 0 Å². The van der Waals surface area contributed by atoms with Gasteiger partial charge in [0, 0.05) is 18.6 Å². The molecule has 80 valence electrons. The Morgan fingerprint density at radius 1 is 1.47 bits per heavy atom. The van der Waals surface area contributed by atoms with Gasteiger partial charge in [-0.3, -0.25) is 14.9 Å². The van der Waals surface area contributed by atoms with Crippen molar-refractivity contribution in [2.24, 2.45) is 0 Å². The van der Waals surface area contributed by atoms with Crippen molar-refractivity contribution in [2.45, 2.75) is 19.4 Å². The molecule has 1 aromatic rings. The standard InChI is InChI=1S/C10H11NO4/c1-7(12)6-10(13)8-2-4-9(5-3-8)11(14)15/h2-5,10,13H,6H2,1H3/t10-/m0/s1. The second kappa shape index (κ2) is 4.65. The van der Waals surface area contributed by atoms with Crippen LogP contribution in [0.5, 0.6) is 0 Å². The van der Waals surface area contributed by atoms with Crippen molar-refractivity contribution >= 4 is 11.5 Å². The van der Waals surface area contributed by atoms with Gasteiger partial charge in [0.05, 0.1) is 11.0 Å². The topological polar surface area (TPSA) is 80.4 Å². The summed E-state index contributed by atoms with van der Waals surface area (Å²) < 4.78 is 0. The van der Waals surface area contributed by atoms with Crippen LogP contribution in [0.2, 0.25) is 0 Å². The Kier molecular flexibility index (Phi) is 3.51. The number of nitro benzene ring substituents is 1. The number of carbonyl (C=O) groups excluding carboxylic acids is 1. The Morgan fingerprint density at radius 2 is 2.00 bits per heavy atom. The average molecular weight is 209 g/mol. The summed E-state index contributed by atoms with van der Waals surface area (Å²) >= 11 is 0. The van der Waals surface area contributed by atoms with E-state index in [2.05, 4.69) is 0 Å². The first-order valence-corrected chi connectivity index (χ1v) is 4.42. The highest BCUT2D eigenvalue weighted by atomic mass is 16.6. The fraction of sp³-hybridized carbons (Fsp3) is 0.300. The number of rotatable bonds is 4. The van der Waals surface area contributed by atoms with Crippen molar-refractivity contribution in [2.75, 3.05) is 0 Å². The molecule has 0 heterocycles. The highest BCUT2D eigenvalue weighted by Gasteiger charge is 2.11. The molecular formula is C10H11NO4. The van der Waals surface area contributed by atoms with Gasteiger partial charge in [0.25, 0.3) is 5.69 Å². The predicted molar refractivity (Wildman–Crippen MR) is 53.4 cm³/mol. The molecule has 0 radical (unpaired) electrons. The van der Waals surface area contributed by atoms with Gasteiger partial charge >= 0.3 is 0 Å². The quantitative estimate of drug-likeness (QED) is 0.603. The van der Waals surface area contributed by atoms with Crippen molar-refractivity contribution < 1.29 is 14.8 Å². The Labute approximate surface area is 86.5 Å². The number of nitrogens with zero attached hydrogens (tertiary/aromatic N) is 1. The lowest BCUT2D eigenvalue weighted by Crippen LogP contribution is -2.03. The molecule has 0 aliphatic heterocycles. The molecule has 0 aromatic heterocycles. The molecule has 0 bridgehead atoms. The number of benzene rings is 1. The molecule has 1 atom stereocenters. The number of nitro groups is 1. The Morgan fingerprint density at radius 3 is 2.40 bits per heavy atom. The number of aliphatic hydroxyl groups excluding tert-OH is 1. The van der Waals surface area contributed by atoms with Crippen LogP contribution in [0, 0.1) is 10.1 Å². The van der Waals surface area contributed by atoms with Crippen LogP contribution in [-0.2, 0) is 4.79 Å². The van der Waals surface area contributed by atoms with Gasteiger partial charge in [-0.15, -0.1) is 0 Å². The van der Waals surface area contributed by atoms with Crippen molar-refractivity contribution in [1.29, 1.82) is 0 Å². The van der Waals surface area contributed by atoms with Gasteiger partial charge in [0.1, 0.15) is 5.78 Å². The van der Waals surface area contributed by atoms with Crippen LogP contribution < -0.4 is 0 Å². The van der Waals surface area contributed by atoms with Crippen LogP contribution >= 0.6 is 0 Å². The summed E-state index contributed by atoms with van der Waals surface area (Å²) in [5.41, 5.74) is 0.476. The van der Waals surface area contributed by atoms with E-state index < -0.39 is 11.0 Å². The molecule has 0 saturated heterocycles. The second-order valence-corrected chi connectivity index (χ2v) is 3.27. The Balaban J connectivity index is 2.79. The van der Waals surface area contributed by atoms with Crippen LogP contribution in [0.1, 0.15) is 25.0 Å². The third-order valence-electron chi connectivity index (χ3n) is 1.97. The van der Waals surface area contributed by atoms with Crippen LogP contribution in [0.15, 0.2) is 24.3 Å². The predicted octanol–water partition coefficient (Wildman–Crippen LogP) is 1.61. The van der Waals surface area contributed by atoms with Gasteiger partial charge < -0.3 is 5.11 Å². The maximum atomic E-state index is 10.7. The first-order chi connectivity index (χ1) is 7.00. The number of non-ortho nitro benzene ring substituents is 1. The monoisotopic (exact) mass is 209 g/mol. The maximum absolute atomic E-state index is 10.7. The molecular weight excluding hydrogens is 198 g/mol. The Bertz CT molecular complexity index is 372. The van der Waals surface area contributed by atoms with E-state index in [9.17, 15) is 20.0 Å². The van der Waals surface area contributed by atoms with Gasteiger partial charge in [0.2, 0.25) is 0 Å². The summed E-state index contributed by atoms with van der Waals surface area (Å²) in [6.07, 6.45) is -0.860. The number of aliphatic hydroxyl groups is 1. The lowest BCUT2D eigenvalue weighted by atomic mass is 10.0. The number of carbonyl (C=O) groups is 1. The molecule has 0 aliphatic carbocycles. The van der Waals surface area contributed by atoms with E-state index in [1.165, 1.54) is 31.2 Å². The SMILES string of the molecule is CC(=O)C[C@H](O)c1ccc([N+](=O)[O-])cc1. The van der Waals surface area contributed by atoms with E-state index in [0.29, 0.717) is 5.56 Å². The molecule has 5 heteroatoms. The third kappa shape index (κ3) is 3.14. The van der Waals surface area contributed by atoms with Crippen molar-refractivity contribution in [3.8, 4) is 0 Å². The second-order valence-electron chi connectivity index (χ2n) is 3.27. The minimum atomic E-state index is -0.886. The lowest BCUT2D eigenvalue weighted by Gasteiger charge is -2.07. The normalized spacial score (nSPS) is 12.1. The molecule has 0 spiro atoms. The molecule has 1 N–H and O–H groups in total. The van der Waals surface area contributed by atoms with Gasteiger partial charge in [0.15, 0.2) is 0 Å². The van der Waals surface area contributed by atoms with Crippen molar-refractivity contribution in [1.82, 2.24) is 0 Å². The minimum Gasteiger partial charge on any atom is -0.388 e. The number of ketones is 1. The molecule has 0 fully saturated rings. The molecule has 15 heavy (non-hydrogen) atoms. The minimum absolute atomic E-state index is 0.0256.